The molecule has 0 radical (unpaired) electrons. The average molecular weight is 430 g/mol. The van der Waals surface area contributed by atoms with Crippen LogP contribution in [0.2, 0.25) is 0 Å². The second-order valence-corrected chi connectivity index (χ2v) is 6.39. The van der Waals surface area contributed by atoms with Gasteiger partial charge in [-0.3, -0.25) is 0 Å². The molecule has 1 nitrogen and oxygen atoms in total. The van der Waals surface area contributed by atoms with Crippen molar-refractivity contribution >= 4 is 28.2 Å². The molecular formula is C21H16FIO. The fourth-order valence-corrected chi connectivity index (χ4v) is 2.97. The van der Waals surface area contributed by atoms with E-state index in [1.165, 1.54) is 12.1 Å². The van der Waals surface area contributed by atoms with Gasteiger partial charge in [0, 0.05) is 0 Å². The molecule has 0 unspecified atom stereocenters. The lowest BCUT2D eigenvalue weighted by atomic mass is 9.98. The monoisotopic (exact) mass is 430 g/mol. The Bertz CT molecular complexity index is 826. The minimum Gasteiger partial charge on any atom is -0.488 e. The topological polar surface area (TPSA) is 9.23 Å². The Kier molecular flexibility index (Phi) is 5.64. The summed E-state index contributed by atoms with van der Waals surface area (Å²) in [5, 5.41) is 0. The molecule has 3 aromatic carbocycles. The van der Waals surface area contributed by atoms with E-state index in [2.05, 4.69) is 22.6 Å². The molecule has 120 valence electrons. The van der Waals surface area contributed by atoms with Gasteiger partial charge >= 0.3 is 0 Å². The first-order chi connectivity index (χ1) is 11.7. The Morgan fingerprint density at radius 1 is 0.833 bits per heavy atom. The van der Waals surface area contributed by atoms with E-state index in [1.54, 1.807) is 12.1 Å². The molecule has 0 aliphatic rings. The molecule has 3 aromatic rings. The fraction of sp³-hybridized carbons (Fsp3) is 0.0476. The normalized spacial score (nSPS) is 11.3. The predicted octanol–water partition coefficient (Wildman–Crippen LogP) is 5.94. The van der Waals surface area contributed by atoms with Gasteiger partial charge in [0.15, 0.2) is 0 Å². The zero-order valence-corrected chi connectivity index (χ0v) is 15.1. The first kappa shape index (κ1) is 16.7. The summed E-state index contributed by atoms with van der Waals surface area (Å²) in [6.45, 7) is 0.446. The summed E-state index contributed by atoms with van der Waals surface area (Å²) < 4.78 is 20.2. The molecule has 0 atom stereocenters. The Morgan fingerprint density at radius 2 is 1.46 bits per heavy atom. The van der Waals surface area contributed by atoms with Gasteiger partial charge < -0.3 is 4.74 Å². The van der Waals surface area contributed by atoms with Crippen LogP contribution in [0.15, 0.2) is 84.9 Å². The summed E-state index contributed by atoms with van der Waals surface area (Å²) in [4.78, 5) is 0. The summed E-state index contributed by atoms with van der Waals surface area (Å²) in [5.41, 5.74) is 3.07. The number of benzene rings is 3. The zero-order chi connectivity index (χ0) is 16.8. The van der Waals surface area contributed by atoms with Gasteiger partial charge in [-0.15, -0.1) is 0 Å². The summed E-state index contributed by atoms with van der Waals surface area (Å²) in [7, 11) is 0. The molecule has 0 N–H and O–H groups in total. The third-order valence-electron chi connectivity index (χ3n) is 3.60. The van der Waals surface area contributed by atoms with Crippen LogP contribution in [0.25, 0.3) is 5.57 Å². The van der Waals surface area contributed by atoms with Gasteiger partial charge in [-0.25, -0.2) is 4.39 Å². The van der Waals surface area contributed by atoms with Crippen LogP contribution in [-0.2, 0) is 0 Å². The highest BCUT2D eigenvalue weighted by molar-refractivity contribution is 14.1. The van der Waals surface area contributed by atoms with E-state index in [9.17, 15) is 4.39 Å². The van der Waals surface area contributed by atoms with Gasteiger partial charge in [-0.1, -0.05) is 54.6 Å². The highest BCUT2D eigenvalue weighted by Crippen LogP contribution is 2.24. The van der Waals surface area contributed by atoms with Crippen molar-refractivity contribution in [1.29, 1.82) is 0 Å². The van der Waals surface area contributed by atoms with Crippen LogP contribution in [0.4, 0.5) is 4.39 Å². The Labute approximate surface area is 154 Å². The van der Waals surface area contributed by atoms with Gasteiger partial charge in [-0.05, 0) is 69.6 Å². The molecule has 3 heteroatoms. The molecule has 0 aliphatic carbocycles. The maximum atomic E-state index is 13.2. The fourth-order valence-electron chi connectivity index (χ4n) is 2.43. The van der Waals surface area contributed by atoms with Gasteiger partial charge in [-0.2, -0.15) is 0 Å². The van der Waals surface area contributed by atoms with E-state index in [-0.39, 0.29) is 5.82 Å². The molecule has 24 heavy (non-hydrogen) atoms. The lowest BCUT2D eigenvalue weighted by molar-refractivity contribution is 0.361. The number of hydrogen-bond donors (Lipinski definition) is 0. The molecule has 0 heterocycles. The molecule has 0 saturated carbocycles. The average Bonchev–Trinajstić information content (AvgIpc) is 2.62. The third kappa shape index (κ3) is 4.23. The number of para-hydroxylation sites is 1. The van der Waals surface area contributed by atoms with E-state index in [4.69, 9.17) is 4.74 Å². The standard InChI is InChI=1S/C21H16FIO/c22-18-12-10-17(11-13-18)19(16-6-2-1-3-7-16)14-15-24-21-9-5-4-8-20(21)23/h1-14H,15H2/b19-14+. The van der Waals surface area contributed by atoms with Crippen LogP contribution in [0, 0.1) is 9.39 Å². The van der Waals surface area contributed by atoms with Crippen molar-refractivity contribution in [2.24, 2.45) is 0 Å². The Morgan fingerprint density at radius 3 is 2.17 bits per heavy atom. The Balaban J connectivity index is 1.87. The van der Waals surface area contributed by atoms with E-state index in [0.717, 1.165) is 26.0 Å². The summed E-state index contributed by atoms with van der Waals surface area (Å²) in [6.07, 6.45) is 2.03. The molecule has 0 spiro atoms. The SMILES string of the molecule is Fc1ccc(/C(=C/COc2ccccc2I)c2ccccc2)cc1. The molecule has 0 aromatic heterocycles. The lowest BCUT2D eigenvalue weighted by Gasteiger charge is -2.10. The first-order valence-corrected chi connectivity index (χ1v) is 8.71. The maximum absolute atomic E-state index is 13.2. The van der Waals surface area contributed by atoms with Crippen LogP contribution in [-0.4, -0.2) is 6.61 Å². The molecule has 0 bridgehead atoms. The number of ether oxygens (including phenoxy) is 1. The summed E-state index contributed by atoms with van der Waals surface area (Å²) in [6, 6.07) is 24.5. The van der Waals surface area contributed by atoms with Crippen molar-refractivity contribution in [3.8, 4) is 5.75 Å². The molecule has 3 rings (SSSR count). The predicted molar refractivity (Wildman–Crippen MR) is 105 cm³/mol. The largest absolute Gasteiger partial charge is 0.488 e. The Hall–Kier alpha value is -2.14. The van der Waals surface area contributed by atoms with E-state index < -0.39 is 0 Å². The maximum Gasteiger partial charge on any atom is 0.133 e. The van der Waals surface area contributed by atoms with Crippen LogP contribution < -0.4 is 4.74 Å². The number of rotatable bonds is 5. The van der Waals surface area contributed by atoms with Crippen LogP contribution in [0.1, 0.15) is 11.1 Å². The van der Waals surface area contributed by atoms with Crippen molar-refractivity contribution < 1.29 is 9.13 Å². The van der Waals surface area contributed by atoms with Crippen molar-refractivity contribution in [3.63, 3.8) is 0 Å². The van der Waals surface area contributed by atoms with E-state index in [0.29, 0.717) is 6.61 Å². The van der Waals surface area contributed by atoms with Crippen LogP contribution in [0.3, 0.4) is 0 Å². The number of halogens is 2. The highest BCUT2D eigenvalue weighted by Gasteiger charge is 2.05. The van der Waals surface area contributed by atoms with Gasteiger partial charge in [0.2, 0.25) is 0 Å². The molecular weight excluding hydrogens is 414 g/mol. The van der Waals surface area contributed by atoms with Crippen LogP contribution in [0.5, 0.6) is 5.75 Å². The molecule has 0 fully saturated rings. The quantitative estimate of drug-likeness (QED) is 0.456. The first-order valence-electron chi connectivity index (χ1n) is 7.63. The van der Waals surface area contributed by atoms with Crippen molar-refractivity contribution in [2.45, 2.75) is 0 Å². The minimum atomic E-state index is -0.235. The summed E-state index contributed by atoms with van der Waals surface area (Å²) in [5.74, 6) is 0.627. The van der Waals surface area contributed by atoms with Gasteiger partial charge in [0.05, 0.1) is 3.57 Å². The molecule has 0 amide bonds. The number of hydrogen-bond acceptors (Lipinski definition) is 1. The van der Waals surface area contributed by atoms with Crippen molar-refractivity contribution in [2.75, 3.05) is 6.61 Å². The molecule has 0 aliphatic heterocycles. The third-order valence-corrected chi connectivity index (χ3v) is 4.49. The van der Waals surface area contributed by atoms with E-state index in [1.807, 2.05) is 60.7 Å². The van der Waals surface area contributed by atoms with E-state index >= 15 is 0 Å². The van der Waals surface area contributed by atoms with Gasteiger partial charge in [0.1, 0.15) is 18.2 Å². The smallest absolute Gasteiger partial charge is 0.133 e. The summed E-state index contributed by atoms with van der Waals surface area (Å²) >= 11 is 2.26. The van der Waals surface area contributed by atoms with Crippen molar-refractivity contribution in [3.05, 3.63) is 105 Å². The minimum absolute atomic E-state index is 0.235. The zero-order valence-electron chi connectivity index (χ0n) is 13.0. The highest BCUT2D eigenvalue weighted by atomic mass is 127. The second-order valence-electron chi connectivity index (χ2n) is 5.23. The second kappa shape index (κ2) is 8.11. The lowest BCUT2D eigenvalue weighted by Crippen LogP contribution is -1.98. The van der Waals surface area contributed by atoms with Gasteiger partial charge in [0.25, 0.3) is 0 Å². The van der Waals surface area contributed by atoms with Crippen molar-refractivity contribution in [1.82, 2.24) is 0 Å². The van der Waals surface area contributed by atoms with Crippen LogP contribution >= 0.6 is 22.6 Å². The molecule has 0 saturated heterocycles.